The van der Waals surface area contributed by atoms with Crippen LogP contribution in [0.1, 0.15) is 12.8 Å². The summed E-state index contributed by atoms with van der Waals surface area (Å²) in [6, 6.07) is -0.0929. The number of piperidine rings is 1. The lowest BCUT2D eigenvalue weighted by Crippen LogP contribution is -2.42. The maximum Gasteiger partial charge on any atom is 0.0609 e. The van der Waals surface area contributed by atoms with Crippen LogP contribution in [0.2, 0.25) is 0 Å². The average molecular weight is 216 g/mol. The van der Waals surface area contributed by atoms with E-state index in [9.17, 15) is 0 Å². The summed E-state index contributed by atoms with van der Waals surface area (Å²) in [7, 11) is 4.14. The highest BCUT2D eigenvalue weighted by Crippen LogP contribution is 2.17. The Balaban J connectivity index is 2.28. The molecule has 0 aromatic rings. The lowest BCUT2D eigenvalue weighted by atomic mass is 9.96. The molecule has 0 unspecified atom stereocenters. The van der Waals surface area contributed by atoms with E-state index in [-0.39, 0.29) is 19.3 Å². The first-order valence-electron chi connectivity index (χ1n) is 5.78. The maximum absolute atomic E-state index is 9.06. The SMILES string of the molecule is CN1CCC(CN(C)C(CO)CO)CC1. The van der Waals surface area contributed by atoms with Crippen molar-refractivity contribution < 1.29 is 10.2 Å². The zero-order chi connectivity index (χ0) is 11.3. The Bertz CT molecular complexity index is 166. The van der Waals surface area contributed by atoms with Gasteiger partial charge in [-0.15, -0.1) is 0 Å². The van der Waals surface area contributed by atoms with Gasteiger partial charge in [-0.25, -0.2) is 0 Å². The Morgan fingerprint density at radius 3 is 2.27 bits per heavy atom. The number of likely N-dealkylation sites (tertiary alicyclic amines) is 1. The molecule has 4 nitrogen and oxygen atoms in total. The van der Waals surface area contributed by atoms with Gasteiger partial charge in [0.1, 0.15) is 0 Å². The summed E-state index contributed by atoms with van der Waals surface area (Å²) in [5, 5.41) is 18.1. The highest BCUT2D eigenvalue weighted by atomic mass is 16.3. The van der Waals surface area contributed by atoms with E-state index in [1.165, 1.54) is 25.9 Å². The second kappa shape index (κ2) is 6.43. The number of likely N-dealkylation sites (N-methyl/N-ethyl adjacent to an activating group) is 1. The van der Waals surface area contributed by atoms with Crippen molar-refractivity contribution in [3.8, 4) is 0 Å². The van der Waals surface area contributed by atoms with Crippen LogP contribution in [-0.4, -0.2) is 73.0 Å². The number of aliphatic hydroxyl groups excluding tert-OH is 2. The first-order chi connectivity index (χ1) is 7.17. The fourth-order valence-corrected chi connectivity index (χ4v) is 2.14. The molecule has 0 spiro atoms. The van der Waals surface area contributed by atoms with Gasteiger partial charge in [-0.05, 0) is 45.9 Å². The minimum Gasteiger partial charge on any atom is -0.395 e. The summed E-state index contributed by atoms with van der Waals surface area (Å²) in [5.74, 6) is 0.715. The highest BCUT2D eigenvalue weighted by molar-refractivity contribution is 4.75. The van der Waals surface area contributed by atoms with Crippen LogP contribution in [0.15, 0.2) is 0 Å². The molecular formula is C11H24N2O2. The summed E-state index contributed by atoms with van der Waals surface area (Å²) in [5.41, 5.74) is 0. The van der Waals surface area contributed by atoms with Gasteiger partial charge in [0.15, 0.2) is 0 Å². The Morgan fingerprint density at radius 1 is 1.27 bits per heavy atom. The molecule has 0 aromatic heterocycles. The summed E-state index contributed by atoms with van der Waals surface area (Å²) in [4.78, 5) is 4.43. The fourth-order valence-electron chi connectivity index (χ4n) is 2.14. The van der Waals surface area contributed by atoms with Gasteiger partial charge in [0, 0.05) is 6.54 Å². The van der Waals surface area contributed by atoms with Gasteiger partial charge in [-0.3, -0.25) is 4.90 Å². The molecular weight excluding hydrogens is 192 g/mol. The third-order valence-corrected chi connectivity index (χ3v) is 3.43. The molecule has 0 atom stereocenters. The highest BCUT2D eigenvalue weighted by Gasteiger charge is 2.21. The van der Waals surface area contributed by atoms with E-state index in [0.717, 1.165) is 6.54 Å². The topological polar surface area (TPSA) is 46.9 Å². The van der Waals surface area contributed by atoms with Gasteiger partial charge in [0.05, 0.1) is 19.3 Å². The van der Waals surface area contributed by atoms with Crippen molar-refractivity contribution in [3.05, 3.63) is 0 Å². The molecule has 0 bridgehead atoms. The van der Waals surface area contributed by atoms with Gasteiger partial charge in [0.25, 0.3) is 0 Å². The van der Waals surface area contributed by atoms with Crippen LogP contribution < -0.4 is 0 Å². The molecule has 0 amide bonds. The number of hydrogen-bond donors (Lipinski definition) is 2. The Morgan fingerprint density at radius 2 is 1.80 bits per heavy atom. The quantitative estimate of drug-likeness (QED) is 0.657. The van der Waals surface area contributed by atoms with Crippen LogP contribution >= 0.6 is 0 Å². The molecule has 2 N–H and O–H groups in total. The summed E-state index contributed by atoms with van der Waals surface area (Å²) in [6.45, 7) is 3.40. The summed E-state index contributed by atoms with van der Waals surface area (Å²) >= 11 is 0. The monoisotopic (exact) mass is 216 g/mol. The van der Waals surface area contributed by atoms with Gasteiger partial charge < -0.3 is 15.1 Å². The van der Waals surface area contributed by atoms with Crippen molar-refractivity contribution in [2.45, 2.75) is 18.9 Å². The van der Waals surface area contributed by atoms with Gasteiger partial charge in [-0.2, -0.15) is 0 Å². The van der Waals surface area contributed by atoms with E-state index in [1.807, 2.05) is 7.05 Å². The third-order valence-electron chi connectivity index (χ3n) is 3.43. The first kappa shape index (κ1) is 12.9. The number of rotatable bonds is 5. The van der Waals surface area contributed by atoms with E-state index in [2.05, 4.69) is 16.8 Å². The van der Waals surface area contributed by atoms with Crippen LogP contribution in [0.4, 0.5) is 0 Å². The van der Waals surface area contributed by atoms with Crippen molar-refractivity contribution in [1.82, 2.24) is 9.80 Å². The van der Waals surface area contributed by atoms with E-state index in [0.29, 0.717) is 5.92 Å². The minimum atomic E-state index is -0.0929. The smallest absolute Gasteiger partial charge is 0.0609 e. The zero-order valence-corrected chi connectivity index (χ0v) is 9.89. The normalized spacial score (nSPS) is 20.4. The van der Waals surface area contributed by atoms with Crippen LogP contribution in [0.25, 0.3) is 0 Å². The average Bonchev–Trinajstić information content (AvgIpc) is 2.23. The molecule has 15 heavy (non-hydrogen) atoms. The molecule has 0 saturated carbocycles. The van der Waals surface area contributed by atoms with E-state index >= 15 is 0 Å². The predicted octanol–water partition coefficient (Wildman–Crippen LogP) is -0.387. The Labute approximate surface area is 92.5 Å². The van der Waals surface area contributed by atoms with Gasteiger partial charge >= 0.3 is 0 Å². The van der Waals surface area contributed by atoms with Crippen LogP contribution in [0, 0.1) is 5.92 Å². The molecule has 1 aliphatic heterocycles. The second-order valence-corrected chi connectivity index (χ2v) is 4.71. The van der Waals surface area contributed by atoms with E-state index in [4.69, 9.17) is 10.2 Å². The molecule has 1 saturated heterocycles. The molecule has 1 aliphatic rings. The van der Waals surface area contributed by atoms with Gasteiger partial charge in [0.2, 0.25) is 0 Å². The molecule has 0 aliphatic carbocycles. The number of hydrogen-bond acceptors (Lipinski definition) is 4. The van der Waals surface area contributed by atoms with Crippen LogP contribution in [0.3, 0.4) is 0 Å². The molecule has 0 radical (unpaired) electrons. The summed E-state index contributed by atoms with van der Waals surface area (Å²) in [6.07, 6.45) is 2.45. The molecule has 0 aromatic carbocycles. The lowest BCUT2D eigenvalue weighted by Gasteiger charge is -2.33. The van der Waals surface area contributed by atoms with Crippen molar-refractivity contribution in [3.63, 3.8) is 0 Å². The Hall–Kier alpha value is -0.160. The number of aliphatic hydroxyl groups is 2. The van der Waals surface area contributed by atoms with Gasteiger partial charge in [-0.1, -0.05) is 0 Å². The molecule has 1 rings (SSSR count). The van der Waals surface area contributed by atoms with E-state index in [1.54, 1.807) is 0 Å². The lowest BCUT2D eigenvalue weighted by molar-refractivity contribution is 0.0710. The first-order valence-corrected chi connectivity index (χ1v) is 5.78. The van der Waals surface area contributed by atoms with Crippen molar-refractivity contribution in [2.75, 3.05) is 46.9 Å². The molecule has 4 heteroatoms. The summed E-state index contributed by atoms with van der Waals surface area (Å²) < 4.78 is 0. The predicted molar refractivity (Wildman–Crippen MR) is 60.8 cm³/mol. The second-order valence-electron chi connectivity index (χ2n) is 4.71. The van der Waals surface area contributed by atoms with Crippen molar-refractivity contribution in [2.24, 2.45) is 5.92 Å². The zero-order valence-electron chi connectivity index (χ0n) is 9.89. The van der Waals surface area contributed by atoms with E-state index < -0.39 is 0 Å². The third kappa shape index (κ3) is 4.07. The molecule has 1 heterocycles. The molecule has 1 fully saturated rings. The van der Waals surface area contributed by atoms with Crippen molar-refractivity contribution >= 4 is 0 Å². The standard InChI is InChI=1S/C11H24N2O2/c1-12-5-3-10(4-6-12)7-13(2)11(8-14)9-15/h10-11,14-15H,3-9H2,1-2H3. The number of nitrogens with zero attached hydrogens (tertiary/aromatic N) is 2. The minimum absolute atomic E-state index is 0.0413. The molecule has 90 valence electrons. The largest absolute Gasteiger partial charge is 0.395 e. The Kier molecular flexibility index (Phi) is 5.53. The fraction of sp³-hybridized carbons (Fsp3) is 1.00. The maximum atomic E-state index is 9.06. The van der Waals surface area contributed by atoms with Crippen LogP contribution in [0.5, 0.6) is 0 Å². The van der Waals surface area contributed by atoms with Crippen LogP contribution in [-0.2, 0) is 0 Å². The van der Waals surface area contributed by atoms with Crippen molar-refractivity contribution in [1.29, 1.82) is 0 Å².